The van der Waals surface area contributed by atoms with Gasteiger partial charge in [0.05, 0.1) is 33.4 Å². The van der Waals surface area contributed by atoms with Crippen LogP contribution < -0.4 is 14.7 Å². The van der Waals surface area contributed by atoms with Crippen LogP contribution in [0.5, 0.6) is 5.75 Å². The Labute approximate surface area is 187 Å². The van der Waals surface area contributed by atoms with Crippen molar-refractivity contribution < 1.29 is 29.1 Å². The van der Waals surface area contributed by atoms with E-state index in [-0.39, 0.29) is 18.2 Å². The number of hydrogen-bond donors (Lipinski definition) is 1. The third kappa shape index (κ3) is 4.13. The molecular formula is C25H28N2O5. The smallest absolute Gasteiger partial charge is 0.295 e. The average molecular weight is 437 g/mol. The van der Waals surface area contributed by atoms with Gasteiger partial charge in [0.1, 0.15) is 11.4 Å². The second kappa shape index (κ2) is 9.14. The number of Topliss-reactive ketones (excluding diaryl/α,β-unsaturated/α-hetero) is 1. The molecular weight excluding hydrogens is 408 g/mol. The SMILES string of the molecule is COc1ccc(/C([O-])=C2\C(=O)C(=O)N(CC3CCCO3)C2c2ccc([NH+](C)C)cc2)cc1. The first-order valence-corrected chi connectivity index (χ1v) is 10.8. The molecule has 7 nitrogen and oxygen atoms in total. The zero-order chi connectivity index (χ0) is 22.8. The number of nitrogens with one attached hydrogen (secondary N) is 1. The van der Waals surface area contributed by atoms with Gasteiger partial charge >= 0.3 is 0 Å². The van der Waals surface area contributed by atoms with Gasteiger partial charge in [0.15, 0.2) is 0 Å². The predicted octanol–water partition coefficient (Wildman–Crippen LogP) is 0.874. The zero-order valence-corrected chi connectivity index (χ0v) is 18.6. The normalized spacial score (nSPS) is 22.7. The molecule has 0 bridgehead atoms. The number of quaternary nitrogens is 1. The Morgan fingerprint density at radius 2 is 1.81 bits per heavy atom. The van der Waals surface area contributed by atoms with Crippen LogP contribution >= 0.6 is 0 Å². The van der Waals surface area contributed by atoms with Crippen molar-refractivity contribution in [3.8, 4) is 5.75 Å². The maximum atomic E-state index is 13.4. The maximum absolute atomic E-state index is 13.4. The molecule has 2 aliphatic heterocycles. The van der Waals surface area contributed by atoms with Crippen molar-refractivity contribution in [3.63, 3.8) is 0 Å². The summed E-state index contributed by atoms with van der Waals surface area (Å²) >= 11 is 0. The molecule has 2 aliphatic rings. The highest BCUT2D eigenvalue weighted by molar-refractivity contribution is 6.46. The number of likely N-dealkylation sites (tertiary alicyclic amines) is 1. The molecule has 2 heterocycles. The first-order chi connectivity index (χ1) is 15.4. The van der Waals surface area contributed by atoms with Gasteiger partial charge in [-0.15, -0.1) is 0 Å². The van der Waals surface area contributed by atoms with E-state index in [0.29, 0.717) is 17.9 Å². The molecule has 4 rings (SSSR count). The van der Waals surface area contributed by atoms with Gasteiger partial charge in [-0.25, -0.2) is 0 Å². The van der Waals surface area contributed by atoms with Crippen molar-refractivity contribution in [2.24, 2.45) is 0 Å². The van der Waals surface area contributed by atoms with E-state index in [1.807, 2.05) is 38.4 Å². The first kappa shape index (κ1) is 22.0. The lowest BCUT2D eigenvalue weighted by Gasteiger charge is -2.29. The monoisotopic (exact) mass is 436 g/mol. The standard InChI is InChI=1S/C25H28N2O5/c1-26(2)18-10-6-16(7-11-18)22-21(23(28)17-8-12-19(31-3)13-9-17)24(29)25(30)27(22)15-20-5-4-14-32-20/h6-13,20,22,28H,4-5,14-15H2,1-3H3/b23-21+. The Kier molecular flexibility index (Phi) is 6.30. The number of rotatable bonds is 6. The van der Waals surface area contributed by atoms with Crippen molar-refractivity contribution in [1.82, 2.24) is 4.90 Å². The molecule has 0 aliphatic carbocycles. The van der Waals surface area contributed by atoms with Crippen LogP contribution in [-0.4, -0.2) is 57.1 Å². The van der Waals surface area contributed by atoms with Crippen molar-refractivity contribution in [2.75, 3.05) is 34.4 Å². The number of benzene rings is 2. The van der Waals surface area contributed by atoms with Crippen LogP contribution in [0.2, 0.25) is 0 Å². The van der Waals surface area contributed by atoms with E-state index in [1.165, 1.54) is 4.90 Å². The quantitative estimate of drug-likeness (QED) is 0.413. The van der Waals surface area contributed by atoms with Crippen molar-refractivity contribution in [3.05, 3.63) is 65.2 Å². The number of amides is 1. The zero-order valence-electron chi connectivity index (χ0n) is 18.6. The number of hydrogen-bond acceptors (Lipinski definition) is 5. The van der Waals surface area contributed by atoms with E-state index < -0.39 is 23.5 Å². The van der Waals surface area contributed by atoms with E-state index in [1.54, 1.807) is 31.4 Å². The Morgan fingerprint density at radius 3 is 2.38 bits per heavy atom. The molecule has 0 saturated carbocycles. The highest BCUT2D eigenvalue weighted by atomic mass is 16.5. The highest BCUT2D eigenvalue weighted by Crippen LogP contribution is 2.39. The number of ketones is 1. The Balaban J connectivity index is 1.79. The van der Waals surface area contributed by atoms with Crippen LogP contribution in [-0.2, 0) is 14.3 Å². The summed E-state index contributed by atoms with van der Waals surface area (Å²) in [7, 11) is 5.58. The van der Waals surface area contributed by atoms with Gasteiger partial charge in [0.25, 0.3) is 5.91 Å². The van der Waals surface area contributed by atoms with Crippen LogP contribution in [0.15, 0.2) is 54.1 Å². The number of carbonyl (C=O) groups excluding carboxylic acids is 2. The average Bonchev–Trinajstić information content (AvgIpc) is 3.41. The summed E-state index contributed by atoms with van der Waals surface area (Å²) in [5, 5.41) is 13.4. The second-order valence-corrected chi connectivity index (χ2v) is 8.42. The van der Waals surface area contributed by atoms with Crippen LogP contribution in [0.1, 0.15) is 30.0 Å². The lowest BCUT2D eigenvalue weighted by molar-refractivity contribution is -0.786. The topological polar surface area (TPSA) is 83.3 Å². The minimum atomic E-state index is -0.740. The molecule has 0 aromatic heterocycles. The highest BCUT2D eigenvalue weighted by Gasteiger charge is 2.45. The molecule has 2 atom stereocenters. The van der Waals surface area contributed by atoms with Crippen molar-refractivity contribution >= 4 is 23.1 Å². The predicted molar refractivity (Wildman–Crippen MR) is 117 cm³/mol. The number of ether oxygens (including phenoxy) is 2. The summed E-state index contributed by atoms with van der Waals surface area (Å²) in [5.74, 6) is -1.22. The Morgan fingerprint density at radius 1 is 1.12 bits per heavy atom. The largest absolute Gasteiger partial charge is 0.872 e. The van der Waals surface area contributed by atoms with E-state index in [2.05, 4.69) is 0 Å². The Bertz CT molecular complexity index is 1020. The van der Waals surface area contributed by atoms with Gasteiger partial charge in [0, 0.05) is 18.7 Å². The number of carbonyl (C=O) groups is 2. The molecule has 1 N–H and O–H groups in total. The van der Waals surface area contributed by atoms with Gasteiger partial charge in [-0.3, -0.25) is 9.59 Å². The van der Waals surface area contributed by atoms with Gasteiger partial charge in [0.2, 0.25) is 5.78 Å². The molecule has 2 saturated heterocycles. The molecule has 0 spiro atoms. The van der Waals surface area contributed by atoms with Gasteiger partial charge < -0.3 is 24.4 Å². The minimum absolute atomic E-state index is 0.0110. The molecule has 2 unspecified atom stereocenters. The van der Waals surface area contributed by atoms with Gasteiger partial charge in [-0.05, 0) is 48.2 Å². The summed E-state index contributed by atoms with van der Waals surface area (Å²) in [5.41, 5.74) is 2.14. The Hall–Kier alpha value is -3.16. The summed E-state index contributed by atoms with van der Waals surface area (Å²) in [6, 6.07) is 13.5. The molecule has 2 fully saturated rings. The maximum Gasteiger partial charge on any atom is 0.295 e. The van der Waals surface area contributed by atoms with E-state index in [9.17, 15) is 14.7 Å². The molecule has 168 valence electrons. The lowest BCUT2D eigenvalue weighted by atomic mass is 9.95. The van der Waals surface area contributed by atoms with E-state index >= 15 is 0 Å². The van der Waals surface area contributed by atoms with Crippen molar-refractivity contribution in [2.45, 2.75) is 25.0 Å². The summed E-state index contributed by atoms with van der Waals surface area (Å²) in [6.07, 6.45) is 1.62. The minimum Gasteiger partial charge on any atom is -0.872 e. The summed E-state index contributed by atoms with van der Waals surface area (Å²) < 4.78 is 10.9. The summed E-state index contributed by atoms with van der Waals surface area (Å²) in [6.45, 7) is 0.933. The van der Waals surface area contributed by atoms with Gasteiger partial charge in [-0.1, -0.05) is 30.0 Å². The molecule has 7 heteroatoms. The van der Waals surface area contributed by atoms with Crippen molar-refractivity contribution in [1.29, 1.82) is 0 Å². The third-order valence-electron chi connectivity index (χ3n) is 6.11. The van der Waals surface area contributed by atoms with Gasteiger partial charge in [-0.2, -0.15) is 0 Å². The number of nitrogens with zero attached hydrogens (tertiary/aromatic N) is 1. The third-order valence-corrected chi connectivity index (χ3v) is 6.11. The second-order valence-electron chi connectivity index (χ2n) is 8.42. The summed E-state index contributed by atoms with van der Waals surface area (Å²) in [4.78, 5) is 28.8. The van der Waals surface area contributed by atoms with Crippen LogP contribution in [0, 0.1) is 0 Å². The van der Waals surface area contributed by atoms with Crippen LogP contribution in [0.4, 0.5) is 5.69 Å². The first-order valence-electron chi connectivity index (χ1n) is 10.8. The van der Waals surface area contributed by atoms with Crippen LogP contribution in [0.3, 0.4) is 0 Å². The van der Waals surface area contributed by atoms with E-state index in [0.717, 1.165) is 29.0 Å². The number of methoxy groups -OCH3 is 1. The van der Waals surface area contributed by atoms with E-state index in [4.69, 9.17) is 9.47 Å². The molecule has 1 amide bonds. The fraction of sp³-hybridized carbons (Fsp3) is 0.360. The molecule has 0 radical (unpaired) electrons. The molecule has 2 aromatic rings. The molecule has 2 aromatic carbocycles. The fourth-order valence-corrected chi connectivity index (χ4v) is 4.31. The fourth-order valence-electron chi connectivity index (χ4n) is 4.31. The lowest BCUT2D eigenvalue weighted by Crippen LogP contribution is -3.00. The van der Waals surface area contributed by atoms with Crippen LogP contribution in [0.25, 0.3) is 5.76 Å². The molecule has 32 heavy (non-hydrogen) atoms.